The second kappa shape index (κ2) is 3.56. The van der Waals surface area contributed by atoms with Gasteiger partial charge in [0, 0.05) is 0 Å². The van der Waals surface area contributed by atoms with E-state index in [1.165, 1.54) is 32.1 Å². The van der Waals surface area contributed by atoms with Crippen molar-refractivity contribution >= 4 is 5.96 Å². The molecule has 0 amide bonds. The Bertz CT molecular complexity index is 218. The highest BCUT2D eigenvalue weighted by molar-refractivity contribution is 5.70. The number of nitrogens with zero attached hydrogens (tertiary/aromatic N) is 1. The number of hydrogen-bond acceptors (Lipinski definition) is 0. The molecule has 0 bridgehead atoms. The standard InChI is InChI=1S/C10H19N3/c11-10(12)13-6-5-8-3-1-2-4-9(8)7-13/h8-9H,1-7H2,(H3,11,12)/p+1/t8-,9-/m0/s1. The van der Waals surface area contributed by atoms with Crippen LogP contribution in [0.1, 0.15) is 32.1 Å². The van der Waals surface area contributed by atoms with Gasteiger partial charge >= 0.3 is 5.96 Å². The number of nitrogens with two attached hydrogens (primary N) is 2. The molecule has 1 heterocycles. The van der Waals surface area contributed by atoms with Crippen molar-refractivity contribution in [1.82, 2.24) is 0 Å². The van der Waals surface area contributed by atoms with Crippen LogP contribution in [-0.2, 0) is 0 Å². The molecule has 1 saturated heterocycles. The van der Waals surface area contributed by atoms with Gasteiger partial charge in [-0.1, -0.05) is 12.8 Å². The van der Waals surface area contributed by atoms with Gasteiger partial charge in [0.05, 0.1) is 13.1 Å². The Kier molecular flexibility index (Phi) is 2.42. The normalized spacial score (nSPS) is 34.0. The van der Waals surface area contributed by atoms with Gasteiger partial charge in [0.2, 0.25) is 0 Å². The van der Waals surface area contributed by atoms with E-state index >= 15 is 0 Å². The molecule has 3 heteroatoms. The minimum absolute atomic E-state index is 0.518. The lowest BCUT2D eigenvalue weighted by atomic mass is 9.75. The van der Waals surface area contributed by atoms with Gasteiger partial charge in [0.1, 0.15) is 0 Å². The fraction of sp³-hybridized carbons (Fsp3) is 0.900. The molecule has 74 valence electrons. The smallest absolute Gasteiger partial charge is 0.291 e. The van der Waals surface area contributed by atoms with Crippen LogP contribution in [0.5, 0.6) is 0 Å². The third kappa shape index (κ3) is 1.79. The number of piperidine rings is 1. The summed E-state index contributed by atoms with van der Waals surface area (Å²) in [6.07, 6.45) is 6.95. The van der Waals surface area contributed by atoms with Gasteiger partial charge in [-0.25, -0.2) is 0 Å². The molecular formula is C10H20N3+. The summed E-state index contributed by atoms with van der Waals surface area (Å²) in [7, 11) is 0. The Morgan fingerprint density at radius 3 is 2.38 bits per heavy atom. The second-order valence-corrected chi connectivity index (χ2v) is 4.46. The molecule has 0 unspecified atom stereocenters. The summed E-state index contributed by atoms with van der Waals surface area (Å²) in [5.41, 5.74) is 11.2. The predicted molar refractivity (Wildman–Crippen MR) is 53.4 cm³/mol. The summed E-state index contributed by atoms with van der Waals surface area (Å²) < 4.78 is 2.15. The lowest BCUT2D eigenvalue weighted by Crippen LogP contribution is -2.44. The lowest BCUT2D eigenvalue weighted by Gasteiger charge is -2.35. The maximum absolute atomic E-state index is 5.61. The molecular weight excluding hydrogens is 162 g/mol. The Morgan fingerprint density at radius 1 is 1.00 bits per heavy atom. The van der Waals surface area contributed by atoms with Crippen LogP contribution >= 0.6 is 0 Å². The van der Waals surface area contributed by atoms with E-state index < -0.39 is 0 Å². The molecule has 1 aliphatic heterocycles. The average molecular weight is 182 g/mol. The van der Waals surface area contributed by atoms with E-state index in [2.05, 4.69) is 4.58 Å². The molecule has 0 radical (unpaired) electrons. The van der Waals surface area contributed by atoms with Crippen LogP contribution in [-0.4, -0.2) is 23.6 Å². The van der Waals surface area contributed by atoms with Crippen LogP contribution in [0.3, 0.4) is 0 Å². The molecule has 0 aromatic rings. The van der Waals surface area contributed by atoms with Crippen molar-refractivity contribution in [3.05, 3.63) is 0 Å². The summed E-state index contributed by atoms with van der Waals surface area (Å²) in [6.45, 7) is 2.18. The summed E-state index contributed by atoms with van der Waals surface area (Å²) in [4.78, 5) is 0. The molecule has 2 rings (SSSR count). The molecule has 1 saturated carbocycles. The first-order chi connectivity index (χ1) is 6.27. The van der Waals surface area contributed by atoms with E-state index in [1.54, 1.807) is 0 Å². The van der Waals surface area contributed by atoms with Crippen LogP contribution < -0.4 is 11.5 Å². The summed E-state index contributed by atoms with van der Waals surface area (Å²) in [6, 6.07) is 0. The molecule has 2 atom stereocenters. The fourth-order valence-corrected chi connectivity index (χ4v) is 2.84. The van der Waals surface area contributed by atoms with Gasteiger partial charge in [-0.2, -0.15) is 0 Å². The molecule has 4 N–H and O–H groups in total. The van der Waals surface area contributed by atoms with Crippen molar-refractivity contribution in [2.24, 2.45) is 23.3 Å². The predicted octanol–water partition coefficient (Wildman–Crippen LogP) is 0.482. The zero-order chi connectivity index (χ0) is 9.26. The van der Waals surface area contributed by atoms with E-state index in [0.717, 1.165) is 24.9 Å². The molecule has 0 aromatic carbocycles. The molecule has 0 spiro atoms. The van der Waals surface area contributed by atoms with Crippen LogP contribution in [0.15, 0.2) is 0 Å². The SMILES string of the molecule is NC(N)=[N+]1CC[C@@H]2CCCC[C@H]2C1. The maximum atomic E-state index is 5.61. The van der Waals surface area contributed by atoms with Crippen LogP contribution in [0, 0.1) is 11.8 Å². The third-order valence-electron chi connectivity index (χ3n) is 3.66. The van der Waals surface area contributed by atoms with Crippen LogP contribution in [0.25, 0.3) is 0 Å². The van der Waals surface area contributed by atoms with Gasteiger partial charge < -0.3 is 0 Å². The quantitative estimate of drug-likeness (QED) is 0.423. The van der Waals surface area contributed by atoms with E-state index in [-0.39, 0.29) is 0 Å². The van der Waals surface area contributed by atoms with Crippen LogP contribution in [0.2, 0.25) is 0 Å². The molecule has 2 aliphatic rings. The summed E-state index contributed by atoms with van der Waals surface area (Å²) >= 11 is 0. The van der Waals surface area contributed by atoms with E-state index in [0.29, 0.717) is 5.96 Å². The minimum atomic E-state index is 0.518. The Balaban J connectivity index is 2.03. The Labute approximate surface area is 79.8 Å². The first-order valence-electron chi connectivity index (χ1n) is 5.40. The Morgan fingerprint density at radius 2 is 1.69 bits per heavy atom. The van der Waals surface area contributed by atoms with Crippen molar-refractivity contribution in [2.45, 2.75) is 32.1 Å². The Hall–Kier alpha value is -0.730. The number of hydrogen-bond donors (Lipinski definition) is 2. The van der Waals surface area contributed by atoms with Crippen molar-refractivity contribution in [1.29, 1.82) is 0 Å². The molecule has 1 aliphatic carbocycles. The lowest BCUT2D eigenvalue weighted by molar-refractivity contribution is -0.552. The molecule has 2 fully saturated rings. The largest absolute Gasteiger partial charge is 0.341 e. The van der Waals surface area contributed by atoms with Crippen molar-refractivity contribution < 1.29 is 4.58 Å². The van der Waals surface area contributed by atoms with Gasteiger partial charge in [-0.3, -0.25) is 16.0 Å². The number of rotatable bonds is 0. The maximum Gasteiger partial charge on any atom is 0.341 e. The molecule has 13 heavy (non-hydrogen) atoms. The highest BCUT2D eigenvalue weighted by Crippen LogP contribution is 2.34. The first-order valence-corrected chi connectivity index (χ1v) is 5.40. The zero-order valence-electron chi connectivity index (χ0n) is 8.21. The average Bonchev–Trinajstić information content (AvgIpc) is 2.17. The summed E-state index contributed by atoms with van der Waals surface area (Å²) in [5, 5.41) is 0. The van der Waals surface area contributed by atoms with Gasteiger partial charge in [0.15, 0.2) is 0 Å². The zero-order valence-corrected chi connectivity index (χ0v) is 8.21. The van der Waals surface area contributed by atoms with Crippen molar-refractivity contribution in [3.63, 3.8) is 0 Å². The minimum Gasteiger partial charge on any atom is -0.291 e. The fourth-order valence-electron chi connectivity index (χ4n) is 2.84. The van der Waals surface area contributed by atoms with E-state index in [9.17, 15) is 0 Å². The monoisotopic (exact) mass is 182 g/mol. The topological polar surface area (TPSA) is 55.0 Å². The highest BCUT2D eigenvalue weighted by Gasteiger charge is 2.31. The van der Waals surface area contributed by atoms with Crippen molar-refractivity contribution in [2.75, 3.05) is 13.1 Å². The second-order valence-electron chi connectivity index (χ2n) is 4.46. The third-order valence-corrected chi connectivity index (χ3v) is 3.66. The van der Waals surface area contributed by atoms with Crippen LogP contribution in [0.4, 0.5) is 0 Å². The van der Waals surface area contributed by atoms with E-state index in [1.807, 2.05) is 0 Å². The molecule has 3 nitrogen and oxygen atoms in total. The van der Waals surface area contributed by atoms with Gasteiger partial charge in [0.25, 0.3) is 0 Å². The van der Waals surface area contributed by atoms with Gasteiger partial charge in [-0.15, -0.1) is 0 Å². The highest BCUT2D eigenvalue weighted by atomic mass is 15.1. The van der Waals surface area contributed by atoms with Gasteiger partial charge in [-0.05, 0) is 31.1 Å². The van der Waals surface area contributed by atoms with Crippen molar-refractivity contribution in [3.8, 4) is 0 Å². The summed E-state index contributed by atoms with van der Waals surface area (Å²) in [5.74, 6) is 2.35. The first kappa shape index (κ1) is 8.85. The molecule has 0 aromatic heterocycles. The number of guanidine groups is 1. The van der Waals surface area contributed by atoms with E-state index in [4.69, 9.17) is 11.5 Å². The number of fused-ring (bicyclic) bond motifs is 1.